The van der Waals surface area contributed by atoms with Gasteiger partial charge in [0.1, 0.15) is 18.2 Å². The molecule has 1 saturated heterocycles. The standard InChI is InChI=1S/C17H29N3O4/c1-5-10-8-9-20(12(10)14(18)21)15(22)13(17(2,3)4)19-16(23)24-11-6-7-11/h10-13H,5-9H2,1-4H3,(H2,18,21)(H,19,23)/t10?,12?,13-/m1/s1. The fourth-order valence-electron chi connectivity index (χ4n) is 3.22. The van der Waals surface area contributed by atoms with E-state index in [0.717, 1.165) is 25.7 Å². The van der Waals surface area contributed by atoms with Crippen molar-refractivity contribution in [1.82, 2.24) is 10.2 Å². The minimum absolute atomic E-state index is 0.0321. The van der Waals surface area contributed by atoms with E-state index in [1.807, 2.05) is 27.7 Å². The number of likely N-dealkylation sites (tertiary alicyclic amines) is 1. The van der Waals surface area contributed by atoms with Gasteiger partial charge in [-0.3, -0.25) is 9.59 Å². The molecule has 0 spiro atoms. The number of nitrogens with two attached hydrogens (primary N) is 1. The summed E-state index contributed by atoms with van der Waals surface area (Å²) in [6.07, 6.45) is 2.67. The first kappa shape index (κ1) is 18.5. The number of primary amides is 1. The van der Waals surface area contributed by atoms with Crippen molar-refractivity contribution in [2.24, 2.45) is 17.1 Å². The summed E-state index contributed by atoms with van der Waals surface area (Å²) in [7, 11) is 0. The Labute approximate surface area is 143 Å². The molecule has 0 radical (unpaired) electrons. The van der Waals surface area contributed by atoms with E-state index in [-0.39, 0.29) is 17.9 Å². The summed E-state index contributed by atoms with van der Waals surface area (Å²) >= 11 is 0. The lowest BCUT2D eigenvalue weighted by molar-refractivity contribution is -0.141. The molecule has 3 atom stereocenters. The first-order valence-corrected chi connectivity index (χ1v) is 8.72. The van der Waals surface area contributed by atoms with Crippen LogP contribution in [0.1, 0.15) is 53.4 Å². The fourth-order valence-corrected chi connectivity index (χ4v) is 3.22. The molecule has 1 aliphatic heterocycles. The Morgan fingerprint density at radius 2 is 1.88 bits per heavy atom. The van der Waals surface area contributed by atoms with Gasteiger partial charge in [-0.05, 0) is 30.6 Å². The lowest BCUT2D eigenvalue weighted by Gasteiger charge is -2.35. The minimum Gasteiger partial charge on any atom is -0.446 e. The van der Waals surface area contributed by atoms with Crippen LogP contribution in [0.15, 0.2) is 0 Å². The first-order chi connectivity index (χ1) is 11.1. The van der Waals surface area contributed by atoms with E-state index >= 15 is 0 Å². The molecular formula is C17H29N3O4. The van der Waals surface area contributed by atoms with E-state index in [2.05, 4.69) is 5.32 Å². The van der Waals surface area contributed by atoms with Crippen LogP contribution < -0.4 is 11.1 Å². The van der Waals surface area contributed by atoms with Crippen LogP contribution in [0.3, 0.4) is 0 Å². The Hall–Kier alpha value is -1.79. The predicted molar refractivity (Wildman–Crippen MR) is 89.0 cm³/mol. The number of rotatable bonds is 5. The Balaban J connectivity index is 2.14. The lowest BCUT2D eigenvalue weighted by Crippen LogP contribution is -2.58. The van der Waals surface area contributed by atoms with Crippen molar-refractivity contribution in [2.45, 2.75) is 71.6 Å². The van der Waals surface area contributed by atoms with Gasteiger partial charge in [-0.15, -0.1) is 0 Å². The Bertz CT molecular complexity index is 510. The number of nitrogens with zero attached hydrogens (tertiary/aromatic N) is 1. The monoisotopic (exact) mass is 339 g/mol. The zero-order valence-electron chi connectivity index (χ0n) is 15.0. The van der Waals surface area contributed by atoms with Crippen LogP contribution in [0.5, 0.6) is 0 Å². The van der Waals surface area contributed by atoms with Crippen LogP contribution in [0.25, 0.3) is 0 Å². The molecule has 0 aromatic heterocycles. The topological polar surface area (TPSA) is 102 Å². The van der Waals surface area contributed by atoms with Gasteiger partial charge in [-0.1, -0.05) is 34.1 Å². The second-order valence-electron chi connectivity index (χ2n) is 7.88. The highest BCUT2D eigenvalue weighted by Gasteiger charge is 2.45. The largest absolute Gasteiger partial charge is 0.446 e. The maximum Gasteiger partial charge on any atom is 0.408 e. The third-order valence-corrected chi connectivity index (χ3v) is 4.80. The van der Waals surface area contributed by atoms with Crippen molar-refractivity contribution in [3.8, 4) is 0 Å². The highest BCUT2D eigenvalue weighted by molar-refractivity contribution is 5.92. The third kappa shape index (κ3) is 4.19. The number of carbonyl (C=O) groups is 3. The maximum atomic E-state index is 13.1. The van der Waals surface area contributed by atoms with Crippen molar-refractivity contribution < 1.29 is 19.1 Å². The van der Waals surface area contributed by atoms with Crippen LogP contribution in [-0.4, -0.2) is 47.5 Å². The van der Waals surface area contributed by atoms with Gasteiger partial charge in [0.25, 0.3) is 0 Å². The second-order valence-corrected chi connectivity index (χ2v) is 7.88. The fraction of sp³-hybridized carbons (Fsp3) is 0.824. The molecule has 1 heterocycles. The van der Waals surface area contributed by atoms with Gasteiger partial charge in [0, 0.05) is 6.54 Å². The van der Waals surface area contributed by atoms with Crippen molar-refractivity contribution in [3.05, 3.63) is 0 Å². The summed E-state index contributed by atoms with van der Waals surface area (Å²) < 4.78 is 5.20. The van der Waals surface area contributed by atoms with E-state index in [4.69, 9.17) is 10.5 Å². The molecular weight excluding hydrogens is 310 g/mol. The molecule has 0 bridgehead atoms. The van der Waals surface area contributed by atoms with Gasteiger partial charge in [-0.2, -0.15) is 0 Å². The van der Waals surface area contributed by atoms with Crippen LogP contribution in [0.2, 0.25) is 0 Å². The van der Waals surface area contributed by atoms with Gasteiger partial charge in [0.15, 0.2) is 0 Å². The number of ether oxygens (including phenoxy) is 1. The molecule has 2 unspecified atom stereocenters. The molecule has 2 aliphatic rings. The molecule has 3 N–H and O–H groups in total. The zero-order chi connectivity index (χ0) is 18.1. The normalized spacial score (nSPS) is 25.2. The molecule has 7 nitrogen and oxygen atoms in total. The van der Waals surface area contributed by atoms with Gasteiger partial charge in [0.2, 0.25) is 11.8 Å². The summed E-state index contributed by atoms with van der Waals surface area (Å²) in [6.45, 7) is 8.09. The van der Waals surface area contributed by atoms with E-state index < -0.39 is 29.5 Å². The summed E-state index contributed by atoms with van der Waals surface area (Å²) in [5, 5.41) is 2.69. The average molecular weight is 339 g/mol. The number of amides is 3. The van der Waals surface area contributed by atoms with Crippen molar-refractivity contribution >= 4 is 17.9 Å². The molecule has 24 heavy (non-hydrogen) atoms. The number of nitrogens with one attached hydrogen (secondary N) is 1. The molecule has 3 amide bonds. The first-order valence-electron chi connectivity index (χ1n) is 8.72. The van der Waals surface area contributed by atoms with E-state index in [1.165, 1.54) is 4.90 Å². The smallest absolute Gasteiger partial charge is 0.408 e. The molecule has 1 aliphatic carbocycles. The van der Waals surface area contributed by atoms with Crippen molar-refractivity contribution in [3.63, 3.8) is 0 Å². The summed E-state index contributed by atoms with van der Waals surface area (Å²) in [4.78, 5) is 38.4. The lowest BCUT2D eigenvalue weighted by atomic mass is 9.85. The van der Waals surface area contributed by atoms with Crippen molar-refractivity contribution in [2.75, 3.05) is 6.54 Å². The quantitative estimate of drug-likeness (QED) is 0.790. The Morgan fingerprint density at radius 3 is 2.33 bits per heavy atom. The Morgan fingerprint density at radius 1 is 1.25 bits per heavy atom. The number of hydrogen-bond acceptors (Lipinski definition) is 4. The Kier molecular flexibility index (Phi) is 5.40. The van der Waals surface area contributed by atoms with Crippen molar-refractivity contribution in [1.29, 1.82) is 0 Å². The number of alkyl carbamates (subject to hydrolysis) is 1. The number of hydrogen-bond donors (Lipinski definition) is 2. The van der Waals surface area contributed by atoms with Gasteiger partial charge >= 0.3 is 6.09 Å². The molecule has 136 valence electrons. The highest BCUT2D eigenvalue weighted by atomic mass is 16.6. The summed E-state index contributed by atoms with van der Waals surface area (Å²) in [5.41, 5.74) is 5.02. The summed E-state index contributed by atoms with van der Waals surface area (Å²) in [5.74, 6) is -0.679. The van der Waals surface area contributed by atoms with E-state index in [1.54, 1.807) is 0 Å². The van der Waals surface area contributed by atoms with Crippen LogP contribution in [0.4, 0.5) is 4.79 Å². The molecule has 2 fully saturated rings. The van der Waals surface area contributed by atoms with E-state index in [9.17, 15) is 14.4 Å². The van der Waals surface area contributed by atoms with Gasteiger partial charge < -0.3 is 20.7 Å². The molecule has 1 saturated carbocycles. The zero-order valence-corrected chi connectivity index (χ0v) is 15.0. The molecule has 0 aromatic rings. The predicted octanol–water partition coefficient (Wildman–Crippen LogP) is 1.40. The minimum atomic E-state index is -0.763. The molecule has 2 rings (SSSR count). The van der Waals surface area contributed by atoms with E-state index in [0.29, 0.717) is 6.54 Å². The second kappa shape index (κ2) is 6.99. The van der Waals surface area contributed by atoms with Gasteiger partial charge in [-0.25, -0.2) is 4.79 Å². The summed E-state index contributed by atoms with van der Waals surface area (Å²) in [6, 6.07) is -1.37. The number of carbonyl (C=O) groups excluding carboxylic acids is 3. The van der Waals surface area contributed by atoms with Crippen LogP contribution in [0, 0.1) is 11.3 Å². The molecule has 0 aromatic carbocycles. The average Bonchev–Trinajstić information content (AvgIpc) is 3.16. The maximum absolute atomic E-state index is 13.1. The SMILES string of the molecule is CCC1CCN(C(=O)[C@@H](NC(=O)OC2CC2)C(C)(C)C)C1C(N)=O. The van der Waals surface area contributed by atoms with Gasteiger partial charge in [0.05, 0.1) is 0 Å². The highest BCUT2D eigenvalue weighted by Crippen LogP contribution is 2.31. The van der Waals surface area contributed by atoms with Crippen LogP contribution >= 0.6 is 0 Å². The van der Waals surface area contributed by atoms with Crippen LogP contribution in [-0.2, 0) is 14.3 Å². The third-order valence-electron chi connectivity index (χ3n) is 4.80. The molecule has 7 heteroatoms.